The standard InChI is InChI=1S/C25H26F3N5O5S/c1-39(36,37)20-9-15(8-19(11-20)25(26,27)28)14-38-24(35)32-6-4-17-12-33(13-18(17)5-7-32)23(34)16-2-3-21-22(10-16)30-31-29-21/h2-3,8-11,17-18H,4-7,12-14H2,1H3,(H,29,30,31)/t17-,18+. The molecule has 1 N–H and O–H groups in total. The van der Waals surface area contributed by atoms with E-state index in [0.29, 0.717) is 56.2 Å². The fourth-order valence-corrected chi connectivity index (χ4v) is 5.92. The molecular formula is C25H26F3N5O5S. The molecule has 2 fully saturated rings. The zero-order chi connectivity index (χ0) is 27.9. The zero-order valence-corrected chi connectivity index (χ0v) is 21.8. The number of hydrogen-bond donors (Lipinski definition) is 1. The number of rotatable bonds is 4. The SMILES string of the molecule is CS(=O)(=O)c1cc(COC(=O)N2CC[C@@H]3CN(C(=O)c4ccc5[nH]nnc5c4)C[C@@H]3CC2)cc(C(F)(F)F)c1. The van der Waals surface area contributed by atoms with Gasteiger partial charge in [0.05, 0.1) is 16.0 Å². The van der Waals surface area contributed by atoms with Gasteiger partial charge in [0.2, 0.25) is 0 Å². The molecule has 2 aliphatic rings. The summed E-state index contributed by atoms with van der Waals surface area (Å²) < 4.78 is 68.8. The van der Waals surface area contributed by atoms with E-state index in [1.54, 1.807) is 18.2 Å². The molecule has 2 aliphatic heterocycles. The number of aromatic nitrogens is 3. The Morgan fingerprint density at radius 3 is 2.38 bits per heavy atom. The van der Waals surface area contributed by atoms with Gasteiger partial charge in [0.1, 0.15) is 12.1 Å². The number of aromatic amines is 1. The molecule has 0 spiro atoms. The third-order valence-electron chi connectivity index (χ3n) is 7.32. The number of sulfone groups is 1. The minimum absolute atomic E-state index is 0.0664. The molecule has 208 valence electrons. The van der Waals surface area contributed by atoms with Gasteiger partial charge < -0.3 is 14.5 Å². The molecule has 0 aliphatic carbocycles. The van der Waals surface area contributed by atoms with Crippen LogP contribution in [0.2, 0.25) is 0 Å². The summed E-state index contributed by atoms with van der Waals surface area (Å²) >= 11 is 0. The normalized spacial score (nSPS) is 20.1. The Labute approximate surface area is 222 Å². The van der Waals surface area contributed by atoms with Crippen LogP contribution in [-0.2, 0) is 27.4 Å². The predicted molar refractivity (Wildman–Crippen MR) is 132 cm³/mol. The van der Waals surface area contributed by atoms with Gasteiger partial charge in [0.15, 0.2) is 9.84 Å². The van der Waals surface area contributed by atoms with Gasteiger partial charge in [-0.1, -0.05) is 5.21 Å². The topological polar surface area (TPSA) is 126 Å². The van der Waals surface area contributed by atoms with Crippen molar-refractivity contribution in [3.63, 3.8) is 0 Å². The van der Waals surface area contributed by atoms with E-state index >= 15 is 0 Å². The van der Waals surface area contributed by atoms with Crippen LogP contribution in [0.1, 0.15) is 34.3 Å². The molecule has 5 rings (SSSR count). The lowest BCUT2D eigenvalue weighted by Gasteiger charge is -2.22. The molecule has 3 aromatic rings. The lowest BCUT2D eigenvalue weighted by molar-refractivity contribution is -0.137. The number of ether oxygens (including phenoxy) is 1. The van der Waals surface area contributed by atoms with Crippen LogP contribution in [0.5, 0.6) is 0 Å². The molecule has 0 bridgehead atoms. The summed E-state index contributed by atoms with van der Waals surface area (Å²) in [6, 6.07) is 7.63. The van der Waals surface area contributed by atoms with Crippen molar-refractivity contribution in [2.24, 2.45) is 11.8 Å². The molecule has 1 aromatic heterocycles. The van der Waals surface area contributed by atoms with Crippen molar-refractivity contribution >= 4 is 32.9 Å². The van der Waals surface area contributed by atoms with Gasteiger partial charge in [-0.15, -0.1) is 5.10 Å². The van der Waals surface area contributed by atoms with Gasteiger partial charge in [-0.3, -0.25) is 9.89 Å². The average Bonchev–Trinajstić information content (AvgIpc) is 3.47. The molecule has 0 saturated carbocycles. The van der Waals surface area contributed by atoms with E-state index in [9.17, 15) is 31.2 Å². The zero-order valence-electron chi connectivity index (χ0n) is 20.9. The number of likely N-dealkylation sites (tertiary alicyclic amines) is 2. The van der Waals surface area contributed by atoms with Gasteiger partial charge in [0.25, 0.3) is 5.91 Å². The van der Waals surface area contributed by atoms with Gasteiger partial charge in [-0.25, -0.2) is 13.2 Å². The summed E-state index contributed by atoms with van der Waals surface area (Å²) in [6.07, 6.45) is -3.32. The van der Waals surface area contributed by atoms with Crippen molar-refractivity contribution < 1.29 is 35.9 Å². The first-order valence-corrected chi connectivity index (χ1v) is 14.2. The molecule has 14 heteroatoms. The molecule has 2 saturated heterocycles. The maximum Gasteiger partial charge on any atom is 0.416 e. The van der Waals surface area contributed by atoms with E-state index in [2.05, 4.69) is 15.4 Å². The second-order valence-electron chi connectivity index (χ2n) is 10.0. The number of nitrogens with zero attached hydrogens (tertiary/aromatic N) is 4. The molecular weight excluding hydrogens is 539 g/mol. The van der Waals surface area contributed by atoms with E-state index in [1.807, 2.05) is 4.90 Å². The number of fused-ring (bicyclic) bond motifs is 2. The minimum atomic E-state index is -4.75. The number of amides is 2. The lowest BCUT2D eigenvalue weighted by atomic mass is 9.92. The highest BCUT2D eigenvalue weighted by molar-refractivity contribution is 7.90. The van der Waals surface area contributed by atoms with Gasteiger partial charge in [-0.2, -0.15) is 13.2 Å². The number of halogens is 3. The van der Waals surface area contributed by atoms with Crippen LogP contribution in [0.25, 0.3) is 11.0 Å². The largest absolute Gasteiger partial charge is 0.445 e. The molecule has 0 unspecified atom stereocenters. The second-order valence-corrected chi connectivity index (χ2v) is 12.0. The summed E-state index contributed by atoms with van der Waals surface area (Å²) in [4.78, 5) is 28.6. The van der Waals surface area contributed by atoms with Crippen molar-refractivity contribution in [3.8, 4) is 0 Å². The molecule has 10 nitrogen and oxygen atoms in total. The number of H-pyrrole nitrogens is 1. The first kappa shape index (κ1) is 26.9. The fraction of sp³-hybridized carbons (Fsp3) is 0.440. The molecule has 0 radical (unpaired) electrons. The van der Waals surface area contributed by atoms with Crippen LogP contribution in [0.4, 0.5) is 18.0 Å². The smallest absolute Gasteiger partial charge is 0.416 e. The van der Waals surface area contributed by atoms with Crippen LogP contribution < -0.4 is 0 Å². The maximum atomic E-state index is 13.3. The Bertz CT molecular complexity index is 1510. The molecule has 2 atom stereocenters. The van der Waals surface area contributed by atoms with Crippen molar-refractivity contribution in [2.75, 3.05) is 32.4 Å². The molecule has 3 heterocycles. The Morgan fingerprint density at radius 1 is 1.05 bits per heavy atom. The summed E-state index contributed by atoms with van der Waals surface area (Å²) in [5, 5.41) is 10.4. The van der Waals surface area contributed by atoms with Gasteiger partial charge >= 0.3 is 12.3 Å². The minimum Gasteiger partial charge on any atom is -0.445 e. The number of nitrogens with one attached hydrogen (secondary N) is 1. The maximum absolute atomic E-state index is 13.3. The van der Waals surface area contributed by atoms with E-state index in [-0.39, 0.29) is 23.3 Å². The quantitative estimate of drug-likeness (QED) is 0.513. The van der Waals surface area contributed by atoms with E-state index < -0.39 is 39.2 Å². The van der Waals surface area contributed by atoms with Crippen LogP contribution in [-0.4, -0.2) is 78.1 Å². The first-order chi connectivity index (χ1) is 18.4. The predicted octanol–water partition coefficient (Wildman–Crippen LogP) is 3.50. The molecule has 2 amide bonds. The van der Waals surface area contributed by atoms with Crippen LogP contribution >= 0.6 is 0 Å². The van der Waals surface area contributed by atoms with Gasteiger partial charge in [-0.05, 0) is 66.6 Å². The summed E-state index contributed by atoms with van der Waals surface area (Å²) in [5.74, 6) is 0.311. The first-order valence-electron chi connectivity index (χ1n) is 12.3. The van der Waals surface area contributed by atoms with Crippen LogP contribution in [0.15, 0.2) is 41.3 Å². The van der Waals surface area contributed by atoms with Crippen molar-refractivity contribution in [1.82, 2.24) is 25.2 Å². The Kier molecular flexibility index (Phi) is 6.99. The summed E-state index contributed by atoms with van der Waals surface area (Å²) in [7, 11) is -3.90. The highest BCUT2D eigenvalue weighted by atomic mass is 32.2. The summed E-state index contributed by atoms with van der Waals surface area (Å²) in [6.45, 7) is 1.38. The monoisotopic (exact) mass is 565 g/mol. The lowest BCUT2D eigenvalue weighted by Crippen LogP contribution is -2.34. The molecule has 2 aromatic carbocycles. The second kappa shape index (κ2) is 10.1. The van der Waals surface area contributed by atoms with Crippen molar-refractivity contribution in [2.45, 2.75) is 30.5 Å². The number of carbonyl (C=O) groups is 2. The number of benzene rings is 2. The van der Waals surface area contributed by atoms with Crippen LogP contribution in [0, 0.1) is 11.8 Å². The number of hydrogen-bond acceptors (Lipinski definition) is 7. The Hall–Kier alpha value is -3.68. The highest BCUT2D eigenvalue weighted by Gasteiger charge is 2.38. The third kappa shape index (κ3) is 5.84. The Morgan fingerprint density at radius 2 is 1.74 bits per heavy atom. The van der Waals surface area contributed by atoms with Crippen LogP contribution in [0.3, 0.4) is 0 Å². The van der Waals surface area contributed by atoms with Gasteiger partial charge in [0, 0.05) is 38.0 Å². The highest BCUT2D eigenvalue weighted by Crippen LogP contribution is 2.34. The summed E-state index contributed by atoms with van der Waals surface area (Å²) in [5.41, 5.74) is 0.698. The molecule has 39 heavy (non-hydrogen) atoms. The number of alkyl halides is 3. The fourth-order valence-electron chi connectivity index (χ4n) is 5.21. The van der Waals surface area contributed by atoms with Crippen molar-refractivity contribution in [1.29, 1.82) is 0 Å². The van der Waals surface area contributed by atoms with E-state index in [1.165, 1.54) is 4.90 Å². The average molecular weight is 566 g/mol. The van der Waals surface area contributed by atoms with E-state index in [0.717, 1.165) is 23.9 Å². The third-order valence-corrected chi connectivity index (χ3v) is 8.41. The van der Waals surface area contributed by atoms with Crippen molar-refractivity contribution in [3.05, 3.63) is 53.1 Å². The van der Waals surface area contributed by atoms with E-state index in [4.69, 9.17) is 4.74 Å². The Balaban J connectivity index is 1.18. The number of carbonyl (C=O) groups excluding carboxylic acids is 2.